The summed E-state index contributed by atoms with van der Waals surface area (Å²) in [4.78, 5) is 14.4. The first-order chi connectivity index (χ1) is 12.6. The van der Waals surface area contributed by atoms with Crippen molar-refractivity contribution in [3.8, 4) is 11.5 Å². The zero-order valence-electron chi connectivity index (χ0n) is 15.4. The van der Waals surface area contributed by atoms with Crippen LogP contribution in [0.15, 0.2) is 48.5 Å². The quantitative estimate of drug-likeness (QED) is 0.771. The van der Waals surface area contributed by atoms with Crippen molar-refractivity contribution in [3.63, 3.8) is 0 Å². The highest BCUT2D eigenvalue weighted by atomic mass is 16.5. The van der Waals surface area contributed by atoms with Gasteiger partial charge in [0.2, 0.25) is 0 Å². The van der Waals surface area contributed by atoms with Crippen LogP contribution in [0, 0.1) is 0 Å². The Kier molecular flexibility index (Phi) is 5.78. The number of amides is 1. The van der Waals surface area contributed by atoms with Gasteiger partial charge in [-0.15, -0.1) is 0 Å². The normalized spacial score (nSPS) is 17.4. The van der Waals surface area contributed by atoms with E-state index in [4.69, 9.17) is 15.2 Å². The second kappa shape index (κ2) is 8.23. The van der Waals surface area contributed by atoms with Crippen molar-refractivity contribution >= 4 is 11.6 Å². The summed E-state index contributed by atoms with van der Waals surface area (Å²) in [5.74, 6) is 1.54. The van der Waals surface area contributed by atoms with E-state index in [-0.39, 0.29) is 11.9 Å². The van der Waals surface area contributed by atoms with Gasteiger partial charge < -0.3 is 20.1 Å². The van der Waals surface area contributed by atoms with E-state index < -0.39 is 6.10 Å². The van der Waals surface area contributed by atoms with Gasteiger partial charge in [0.05, 0.1) is 12.3 Å². The highest BCUT2D eigenvalue weighted by molar-refractivity contribution is 5.99. The minimum atomic E-state index is -0.483. The van der Waals surface area contributed by atoms with Gasteiger partial charge in [0.1, 0.15) is 11.5 Å². The predicted octanol–water partition coefficient (Wildman–Crippen LogP) is 3.68. The van der Waals surface area contributed by atoms with Crippen molar-refractivity contribution in [1.29, 1.82) is 0 Å². The Balaban J connectivity index is 1.70. The SMILES string of the molecule is CCC(N)c1ccc2c(c1)N(CCCOc1ccccc1)C(=O)C(C)O2. The average Bonchev–Trinajstić information content (AvgIpc) is 2.67. The van der Waals surface area contributed by atoms with Crippen LogP contribution in [0.4, 0.5) is 5.69 Å². The van der Waals surface area contributed by atoms with E-state index in [2.05, 4.69) is 0 Å². The number of fused-ring (bicyclic) bond motifs is 1. The maximum atomic E-state index is 12.6. The summed E-state index contributed by atoms with van der Waals surface area (Å²) in [7, 11) is 0. The van der Waals surface area contributed by atoms with Crippen molar-refractivity contribution in [2.45, 2.75) is 38.8 Å². The molecule has 0 aromatic heterocycles. The van der Waals surface area contributed by atoms with E-state index >= 15 is 0 Å². The Morgan fingerprint density at radius 3 is 2.73 bits per heavy atom. The van der Waals surface area contributed by atoms with E-state index in [1.165, 1.54) is 0 Å². The molecule has 0 bridgehead atoms. The van der Waals surface area contributed by atoms with E-state index in [1.807, 2.05) is 55.5 Å². The van der Waals surface area contributed by atoms with Crippen LogP contribution in [-0.2, 0) is 4.79 Å². The molecule has 0 radical (unpaired) electrons. The minimum absolute atomic E-state index is 0.0283. The molecule has 2 aromatic rings. The lowest BCUT2D eigenvalue weighted by molar-refractivity contribution is -0.125. The molecule has 3 rings (SSSR count). The molecule has 0 fully saturated rings. The van der Waals surface area contributed by atoms with Gasteiger partial charge in [0.25, 0.3) is 5.91 Å². The average molecular weight is 354 g/mol. The fourth-order valence-electron chi connectivity index (χ4n) is 3.05. The standard InChI is InChI=1S/C21H26N2O3/c1-3-18(22)16-10-11-20-19(14-16)23(21(24)15(2)26-20)12-7-13-25-17-8-5-4-6-9-17/h4-6,8-11,14-15,18H,3,7,12-13,22H2,1-2H3. The second-order valence-electron chi connectivity index (χ2n) is 6.51. The topological polar surface area (TPSA) is 64.8 Å². The Bertz CT molecular complexity index is 748. The van der Waals surface area contributed by atoms with Crippen LogP contribution in [0.3, 0.4) is 0 Å². The number of ether oxygens (including phenoxy) is 2. The van der Waals surface area contributed by atoms with E-state index in [1.54, 1.807) is 11.8 Å². The van der Waals surface area contributed by atoms with E-state index in [0.717, 1.165) is 35.6 Å². The molecule has 0 saturated carbocycles. The lowest BCUT2D eigenvalue weighted by Gasteiger charge is -2.33. The van der Waals surface area contributed by atoms with Gasteiger partial charge in [-0.1, -0.05) is 31.2 Å². The van der Waals surface area contributed by atoms with Crippen molar-refractivity contribution in [1.82, 2.24) is 0 Å². The zero-order chi connectivity index (χ0) is 18.5. The Morgan fingerprint density at radius 1 is 1.23 bits per heavy atom. The number of rotatable bonds is 7. The molecular weight excluding hydrogens is 328 g/mol. The van der Waals surface area contributed by atoms with Gasteiger partial charge in [0.15, 0.2) is 6.10 Å². The molecule has 0 aliphatic carbocycles. The first-order valence-electron chi connectivity index (χ1n) is 9.15. The van der Waals surface area contributed by atoms with Gasteiger partial charge in [-0.2, -0.15) is 0 Å². The predicted molar refractivity (Wildman–Crippen MR) is 103 cm³/mol. The van der Waals surface area contributed by atoms with Crippen LogP contribution in [0.1, 0.15) is 38.3 Å². The first-order valence-corrected chi connectivity index (χ1v) is 9.15. The van der Waals surface area contributed by atoms with Gasteiger partial charge in [-0.3, -0.25) is 4.79 Å². The van der Waals surface area contributed by atoms with E-state index in [0.29, 0.717) is 13.2 Å². The first kappa shape index (κ1) is 18.3. The summed E-state index contributed by atoms with van der Waals surface area (Å²) in [6, 6.07) is 15.5. The molecule has 1 amide bonds. The number of hydrogen-bond donors (Lipinski definition) is 1. The number of hydrogen-bond acceptors (Lipinski definition) is 4. The molecule has 138 valence electrons. The second-order valence-corrected chi connectivity index (χ2v) is 6.51. The molecule has 5 nitrogen and oxygen atoms in total. The number of nitrogens with zero attached hydrogens (tertiary/aromatic N) is 1. The molecule has 1 aliphatic heterocycles. The molecule has 5 heteroatoms. The van der Waals surface area contributed by atoms with Gasteiger partial charge in [-0.05, 0) is 49.6 Å². The number of para-hydroxylation sites is 1. The lowest BCUT2D eigenvalue weighted by Crippen LogP contribution is -2.45. The molecule has 1 aliphatic rings. The number of benzene rings is 2. The maximum absolute atomic E-state index is 12.6. The van der Waals surface area contributed by atoms with Gasteiger partial charge >= 0.3 is 0 Å². The highest BCUT2D eigenvalue weighted by Crippen LogP contribution is 2.36. The third-order valence-corrected chi connectivity index (χ3v) is 4.60. The number of carbonyl (C=O) groups is 1. The smallest absolute Gasteiger partial charge is 0.267 e. The molecular formula is C21H26N2O3. The largest absolute Gasteiger partial charge is 0.494 e. The van der Waals surface area contributed by atoms with Crippen LogP contribution in [-0.4, -0.2) is 25.2 Å². The lowest BCUT2D eigenvalue weighted by atomic mass is 10.0. The molecule has 0 saturated heterocycles. The molecule has 2 atom stereocenters. The van der Waals surface area contributed by atoms with Crippen molar-refractivity contribution < 1.29 is 14.3 Å². The number of carbonyl (C=O) groups excluding carboxylic acids is 1. The van der Waals surface area contributed by atoms with Crippen LogP contribution < -0.4 is 20.1 Å². The summed E-state index contributed by atoms with van der Waals surface area (Å²) < 4.78 is 11.5. The Morgan fingerprint density at radius 2 is 2.00 bits per heavy atom. The summed E-state index contributed by atoms with van der Waals surface area (Å²) >= 11 is 0. The molecule has 1 heterocycles. The summed E-state index contributed by atoms with van der Waals surface area (Å²) in [5, 5.41) is 0. The van der Waals surface area contributed by atoms with Crippen LogP contribution in [0.25, 0.3) is 0 Å². The third kappa shape index (κ3) is 3.99. The number of nitrogens with two attached hydrogens (primary N) is 1. The Labute approximate surface area is 154 Å². The molecule has 2 unspecified atom stereocenters. The maximum Gasteiger partial charge on any atom is 0.267 e. The summed E-state index contributed by atoms with van der Waals surface area (Å²) in [6.45, 7) is 4.96. The highest BCUT2D eigenvalue weighted by Gasteiger charge is 2.31. The zero-order valence-corrected chi connectivity index (χ0v) is 15.4. The third-order valence-electron chi connectivity index (χ3n) is 4.60. The van der Waals surface area contributed by atoms with Crippen molar-refractivity contribution in [3.05, 3.63) is 54.1 Å². The summed E-state index contributed by atoms with van der Waals surface area (Å²) in [6.07, 6.45) is 1.09. The van der Waals surface area contributed by atoms with Gasteiger partial charge in [-0.25, -0.2) is 0 Å². The monoisotopic (exact) mass is 354 g/mol. The van der Waals surface area contributed by atoms with Crippen LogP contribution in [0.5, 0.6) is 11.5 Å². The van der Waals surface area contributed by atoms with Gasteiger partial charge in [0, 0.05) is 12.6 Å². The van der Waals surface area contributed by atoms with Crippen LogP contribution in [0.2, 0.25) is 0 Å². The summed E-state index contributed by atoms with van der Waals surface area (Å²) in [5.41, 5.74) is 7.97. The van der Waals surface area contributed by atoms with E-state index in [9.17, 15) is 4.79 Å². The van der Waals surface area contributed by atoms with Crippen molar-refractivity contribution in [2.75, 3.05) is 18.1 Å². The fourth-order valence-corrected chi connectivity index (χ4v) is 3.05. The van der Waals surface area contributed by atoms with Crippen molar-refractivity contribution in [2.24, 2.45) is 5.73 Å². The Hall–Kier alpha value is -2.53. The fraction of sp³-hybridized carbons (Fsp3) is 0.381. The van der Waals surface area contributed by atoms with Crippen LogP contribution >= 0.6 is 0 Å². The molecule has 2 N–H and O–H groups in total. The minimum Gasteiger partial charge on any atom is -0.494 e. The molecule has 2 aromatic carbocycles. The molecule has 26 heavy (non-hydrogen) atoms. The number of anilines is 1. The molecule has 0 spiro atoms.